The largest absolute Gasteiger partial charge is 0.494 e. The standard InChI is InChI=1S/C30H24N6O5S/c1-3-15-41-23-12-9-19(10-13-23)28-31-30-35(33-28)29(37)26(42-30)17-21-18-34(22-7-5-4-6-8-22)32-27(21)20-11-14-25(40-2)24(16-20)36(38)39/h4-14,16-18H,3,15H2,1-2H3. The van der Waals surface area contributed by atoms with Crippen LogP contribution in [0, 0.1) is 10.1 Å². The van der Waals surface area contributed by atoms with E-state index in [-0.39, 0.29) is 17.0 Å². The minimum absolute atomic E-state index is 0.142. The molecular weight excluding hydrogens is 556 g/mol. The maximum Gasteiger partial charge on any atom is 0.311 e. The van der Waals surface area contributed by atoms with Crippen molar-refractivity contribution in [3.05, 3.63) is 110 Å². The molecule has 0 bridgehead atoms. The fourth-order valence-corrected chi connectivity index (χ4v) is 5.33. The Labute approximate surface area is 243 Å². The van der Waals surface area contributed by atoms with Crippen LogP contribution in [0.1, 0.15) is 18.9 Å². The van der Waals surface area contributed by atoms with Gasteiger partial charge in [-0.1, -0.05) is 36.5 Å². The molecule has 3 aromatic carbocycles. The molecule has 3 aromatic heterocycles. The maximum atomic E-state index is 13.4. The second kappa shape index (κ2) is 11.3. The van der Waals surface area contributed by atoms with Crippen LogP contribution < -0.4 is 19.6 Å². The SMILES string of the molecule is CCCOc1ccc(-c2nc3sc(=Cc4cn(-c5ccccc5)nc4-c4ccc(OC)c([N+](=O)[O-])c4)c(=O)n3n2)cc1. The average molecular weight is 581 g/mol. The van der Waals surface area contributed by atoms with Crippen LogP contribution >= 0.6 is 11.3 Å². The summed E-state index contributed by atoms with van der Waals surface area (Å²) in [5.74, 6) is 1.34. The monoisotopic (exact) mass is 580 g/mol. The topological polar surface area (TPSA) is 127 Å². The first-order chi connectivity index (χ1) is 20.4. The van der Waals surface area contributed by atoms with Gasteiger partial charge in [0.1, 0.15) is 11.4 Å². The maximum absolute atomic E-state index is 13.4. The Bertz CT molecular complexity index is 2020. The van der Waals surface area contributed by atoms with E-state index in [1.807, 2.05) is 61.5 Å². The highest BCUT2D eigenvalue weighted by atomic mass is 32.1. The molecule has 0 radical (unpaired) electrons. The summed E-state index contributed by atoms with van der Waals surface area (Å²) in [7, 11) is 1.38. The summed E-state index contributed by atoms with van der Waals surface area (Å²) in [6.45, 7) is 2.68. The highest BCUT2D eigenvalue weighted by molar-refractivity contribution is 7.15. The Morgan fingerprint density at radius 1 is 1.02 bits per heavy atom. The Hall–Kier alpha value is -5.36. The van der Waals surface area contributed by atoms with Crippen molar-refractivity contribution in [1.82, 2.24) is 24.4 Å². The number of thiazole rings is 1. The van der Waals surface area contributed by atoms with Crippen molar-refractivity contribution in [2.45, 2.75) is 13.3 Å². The molecule has 42 heavy (non-hydrogen) atoms. The third kappa shape index (κ3) is 5.10. The Balaban J connectivity index is 1.43. The summed E-state index contributed by atoms with van der Waals surface area (Å²) in [6.07, 6.45) is 4.41. The van der Waals surface area contributed by atoms with Gasteiger partial charge in [-0.15, -0.1) is 5.10 Å². The van der Waals surface area contributed by atoms with Crippen LogP contribution in [-0.4, -0.2) is 43.0 Å². The molecule has 210 valence electrons. The van der Waals surface area contributed by atoms with Gasteiger partial charge in [0.2, 0.25) is 4.96 Å². The lowest BCUT2D eigenvalue weighted by Gasteiger charge is -2.04. The molecule has 0 spiro atoms. The highest BCUT2D eigenvalue weighted by Gasteiger charge is 2.20. The van der Waals surface area contributed by atoms with E-state index in [9.17, 15) is 14.9 Å². The number of rotatable bonds is 9. The smallest absolute Gasteiger partial charge is 0.311 e. The predicted molar refractivity (Wildman–Crippen MR) is 159 cm³/mol. The Morgan fingerprint density at radius 2 is 1.79 bits per heavy atom. The molecule has 0 N–H and O–H groups in total. The van der Waals surface area contributed by atoms with Gasteiger partial charge in [0.25, 0.3) is 5.56 Å². The van der Waals surface area contributed by atoms with E-state index < -0.39 is 4.92 Å². The number of methoxy groups -OCH3 is 1. The van der Waals surface area contributed by atoms with Gasteiger partial charge in [0, 0.05) is 29.0 Å². The molecule has 0 atom stereocenters. The number of hydrogen-bond donors (Lipinski definition) is 0. The molecule has 0 aliphatic rings. The Kier molecular flexibility index (Phi) is 7.19. The van der Waals surface area contributed by atoms with Gasteiger partial charge in [-0.3, -0.25) is 14.9 Å². The van der Waals surface area contributed by atoms with Gasteiger partial charge >= 0.3 is 5.69 Å². The first kappa shape index (κ1) is 26.8. The van der Waals surface area contributed by atoms with E-state index in [1.54, 1.807) is 23.0 Å². The van der Waals surface area contributed by atoms with Gasteiger partial charge in [-0.05, 0) is 61.0 Å². The van der Waals surface area contributed by atoms with Crippen LogP contribution in [-0.2, 0) is 0 Å². The second-order valence-electron chi connectivity index (χ2n) is 9.28. The fourth-order valence-electron chi connectivity index (χ4n) is 4.43. The molecule has 0 aliphatic carbocycles. The molecule has 11 nitrogen and oxygen atoms in total. The number of nitro benzene ring substituents is 1. The molecule has 12 heteroatoms. The number of hydrogen-bond acceptors (Lipinski definition) is 9. The summed E-state index contributed by atoms with van der Waals surface area (Å²) in [5, 5.41) is 20.9. The van der Waals surface area contributed by atoms with Crippen LogP contribution in [0.5, 0.6) is 11.5 Å². The lowest BCUT2D eigenvalue weighted by atomic mass is 10.1. The van der Waals surface area contributed by atoms with Crippen molar-refractivity contribution >= 4 is 28.1 Å². The van der Waals surface area contributed by atoms with Crippen molar-refractivity contribution in [2.75, 3.05) is 13.7 Å². The Morgan fingerprint density at radius 3 is 2.48 bits per heavy atom. The minimum Gasteiger partial charge on any atom is -0.494 e. The normalized spacial score (nSPS) is 11.7. The van der Waals surface area contributed by atoms with Crippen LogP contribution in [0.4, 0.5) is 5.69 Å². The number of benzene rings is 3. The lowest BCUT2D eigenvalue weighted by molar-refractivity contribution is -0.385. The van der Waals surface area contributed by atoms with Gasteiger partial charge in [0.15, 0.2) is 11.6 Å². The second-order valence-corrected chi connectivity index (χ2v) is 10.3. The highest BCUT2D eigenvalue weighted by Crippen LogP contribution is 2.33. The molecule has 0 aliphatic heterocycles. The van der Waals surface area contributed by atoms with Crippen molar-refractivity contribution in [3.8, 4) is 39.8 Å². The number of fused-ring (bicyclic) bond motifs is 1. The zero-order valence-electron chi connectivity index (χ0n) is 22.6. The van der Waals surface area contributed by atoms with Gasteiger partial charge in [-0.25, -0.2) is 4.68 Å². The van der Waals surface area contributed by atoms with Gasteiger partial charge < -0.3 is 9.47 Å². The van der Waals surface area contributed by atoms with Crippen molar-refractivity contribution < 1.29 is 14.4 Å². The summed E-state index contributed by atoms with van der Waals surface area (Å²) in [6, 6.07) is 21.5. The molecule has 0 amide bonds. The fraction of sp³-hybridized carbons (Fsp3) is 0.133. The van der Waals surface area contributed by atoms with Gasteiger partial charge in [0.05, 0.1) is 28.9 Å². The molecule has 0 fully saturated rings. The average Bonchev–Trinajstić information content (AvgIpc) is 3.71. The van der Waals surface area contributed by atoms with E-state index in [2.05, 4.69) is 10.1 Å². The molecular formula is C30H24N6O5S. The van der Waals surface area contributed by atoms with E-state index in [0.717, 1.165) is 23.4 Å². The van der Waals surface area contributed by atoms with E-state index in [0.29, 0.717) is 38.7 Å². The summed E-state index contributed by atoms with van der Waals surface area (Å²) in [5.41, 5.74) is 2.63. The zero-order valence-corrected chi connectivity index (χ0v) is 23.4. The first-order valence-electron chi connectivity index (χ1n) is 13.1. The van der Waals surface area contributed by atoms with Gasteiger partial charge in [-0.2, -0.15) is 14.6 Å². The van der Waals surface area contributed by atoms with Crippen LogP contribution in [0.25, 0.3) is 39.4 Å². The molecule has 3 heterocycles. The van der Waals surface area contributed by atoms with Crippen LogP contribution in [0.2, 0.25) is 0 Å². The van der Waals surface area contributed by atoms with Crippen molar-refractivity contribution in [3.63, 3.8) is 0 Å². The quantitative estimate of drug-likeness (QED) is 0.174. The summed E-state index contributed by atoms with van der Waals surface area (Å²) in [4.78, 5) is 29.6. The van der Waals surface area contributed by atoms with Crippen molar-refractivity contribution in [1.29, 1.82) is 0 Å². The number of ether oxygens (including phenoxy) is 2. The number of aromatic nitrogens is 5. The third-order valence-electron chi connectivity index (χ3n) is 6.47. The molecule has 6 rings (SSSR count). The first-order valence-corrected chi connectivity index (χ1v) is 13.9. The zero-order chi connectivity index (χ0) is 29.2. The molecule has 6 aromatic rings. The van der Waals surface area contributed by atoms with Crippen LogP contribution in [0.15, 0.2) is 83.8 Å². The third-order valence-corrected chi connectivity index (χ3v) is 7.43. The van der Waals surface area contributed by atoms with E-state index in [1.165, 1.54) is 35.1 Å². The summed E-state index contributed by atoms with van der Waals surface area (Å²) >= 11 is 1.20. The molecule has 0 saturated heterocycles. The van der Waals surface area contributed by atoms with E-state index in [4.69, 9.17) is 14.6 Å². The lowest BCUT2D eigenvalue weighted by Crippen LogP contribution is -2.23. The minimum atomic E-state index is -0.501. The van der Waals surface area contributed by atoms with E-state index >= 15 is 0 Å². The number of para-hydroxylation sites is 1. The van der Waals surface area contributed by atoms with Crippen molar-refractivity contribution in [2.24, 2.45) is 0 Å². The number of nitro groups is 1. The summed E-state index contributed by atoms with van der Waals surface area (Å²) < 4.78 is 14.2. The molecule has 0 saturated carbocycles. The molecule has 0 unspecified atom stereocenters. The predicted octanol–water partition coefficient (Wildman–Crippen LogP) is 4.92. The van der Waals surface area contributed by atoms with Crippen LogP contribution in [0.3, 0.4) is 0 Å². The number of nitrogens with zero attached hydrogens (tertiary/aromatic N) is 6.